The second kappa shape index (κ2) is 6.42. The summed E-state index contributed by atoms with van der Waals surface area (Å²) >= 11 is 0. The summed E-state index contributed by atoms with van der Waals surface area (Å²) in [5, 5.41) is 2.55. The molecule has 0 spiro atoms. The van der Waals surface area contributed by atoms with Gasteiger partial charge in [0.1, 0.15) is 18.1 Å². The molecule has 0 saturated heterocycles. The maximum atomic E-state index is 12.6. The van der Waals surface area contributed by atoms with Crippen molar-refractivity contribution in [1.82, 2.24) is 14.5 Å². The first-order chi connectivity index (χ1) is 12.9. The second-order valence-corrected chi connectivity index (χ2v) is 5.92. The Balaban J connectivity index is 1.59. The van der Waals surface area contributed by atoms with Crippen molar-refractivity contribution in [1.29, 1.82) is 0 Å². The number of aromatic nitrogens is 3. The number of ether oxygens (including phenoxy) is 1. The van der Waals surface area contributed by atoms with Crippen molar-refractivity contribution in [3.8, 4) is 17.0 Å². The van der Waals surface area contributed by atoms with Crippen molar-refractivity contribution in [3.05, 3.63) is 60.3 Å². The van der Waals surface area contributed by atoms with Crippen LogP contribution in [0.1, 0.15) is 16.1 Å². The van der Waals surface area contributed by atoms with Crippen molar-refractivity contribution < 1.29 is 22.7 Å². The van der Waals surface area contributed by atoms with E-state index in [1.54, 1.807) is 30.7 Å². The first-order valence-electron chi connectivity index (χ1n) is 8.04. The average Bonchev–Trinajstić information content (AvgIpc) is 3.03. The molecule has 0 saturated carbocycles. The van der Waals surface area contributed by atoms with Crippen molar-refractivity contribution >= 4 is 11.6 Å². The molecule has 0 radical (unpaired) electrons. The van der Waals surface area contributed by atoms with E-state index in [9.17, 15) is 18.0 Å². The minimum Gasteiger partial charge on any atom is -0.491 e. The second-order valence-electron chi connectivity index (χ2n) is 5.92. The Bertz CT molecular complexity index is 997. The number of nitrogens with one attached hydrogen (secondary N) is 1. The lowest BCUT2D eigenvalue weighted by molar-refractivity contribution is -0.141. The van der Waals surface area contributed by atoms with Gasteiger partial charge < -0.3 is 14.6 Å². The third kappa shape index (κ3) is 3.35. The molecule has 3 aromatic rings. The summed E-state index contributed by atoms with van der Waals surface area (Å²) in [6, 6.07) is 6.94. The van der Waals surface area contributed by atoms with Crippen LogP contribution >= 0.6 is 0 Å². The fourth-order valence-corrected chi connectivity index (χ4v) is 2.81. The summed E-state index contributed by atoms with van der Waals surface area (Å²) in [6.45, 7) is 1.13. The lowest BCUT2D eigenvalue weighted by atomic mass is 10.1. The summed E-state index contributed by atoms with van der Waals surface area (Å²) in [6.07, 6.45) is -0.172. The number of amides is 1. The predicted octanol–water partition coefficient (Wildman–Crippen LogP) is 3.61. The number of nitrogens with zero attached hydrogens (tertiary/aromatic N) is 3. The first kappa shape index (κ1) is 17.1. The molecule has 0 atom stereocenters. The topological polar surface area (TPSA) is 69.0 Å². The van der Waals surface area contributed by atoms with Crippen LogP contribution in [-0.4, -0.2) is 27.0 Å². The number of hydrogen-bond acceptors (Lipinski definition) is 4. The van der Waals surface area contributed by atoms with Crippen LogP contribution in [0.15, 0.2) is 49.1 Å². The average molecular weight is 374 g/mol. The van der Waals surface area contributed by atoms with E-state index < -0.39 is 17.8 Å². The van der Waals surface area contributed by atoms with Crippen LogP contribution in [0.4, 0.5) is 18.9 Å². The first-order valence-corrected chi connectivity index (χ1v) is 8.04. The lowest BCUT2D eigenvalue weighted by Crippen LogP contribution is -2.13. The Kier molecular flexibility index (Phi) is 4.06. The van der Waals surface area contributed by atoms with Crippen molar-refractivity contribution in [2.24, 2.45) is 0 Å². The number of imidazole rings is 1. The van der Waals surface area contributed by atoms with E-state index in [0.29, 0.717) is 24.5 Å². The Morgan fingerprint density at radius 1 is 1.19 bits per heavy atom. The molecule has 27 heavy (non-hydrogen) atoms. The summed E-state index contributed by atoms with van der Waals surface area (Å²) in [5.41, 5.74) is 1.05. The number of rotatable bonds is 2. The van der Waals surface area contributed by atoms with Crippen molar-refractivity contribution in [3.63, 3.8) is 0 Å². The van der Waals surface area contributed by atoms with Crippen LogP contribution in [0.5, 0.6) is 5.75 Å². The van der Waals surface area contributed by atoms with Crippen LogP contribution < -0.4 is 10.1 Å². The minimum atomic E-state index is -4.53. The smallest absolute Gasteiger partial charge is 0.433 e. The largest absolute Gasteiger partial charge is 0.491 e. The molecule has 2 aromatic heterocycles. The predicted molar refractivity (Wildman–Crippen MR) is 90.4 cm³/mol. The molecule has 0 unspecified atom stereocenters. The summed E-state index contributed by atoms with van der Waals surface area (Å²) < 4.78 is 45.3. The van der Waals surface area contributed by atoms with Gasteiger partial charge in [0.15, 0.2) is 0 Å². The van der Waals surface area contributed by atoms with Gasteiger partial charge in [0, 0.05) is 11.1 Å². The molecule has 6 nitrogen and oxygen atoms in total. The lowest BCUT2D eigenvalue weighted by Gasteiger charge is -2.10. The fourth-order valence-electron chi connectivity index (χ4n) is 2.81. The number of hydrogen-bond donors (Lipinski definition) is 1. The maximum absolute atomic E-state index is 12.6. The number of halogens is 3. The number of carbonyl (C=O) groups is 1. The molecule has 1 amide bonds. The monoisotopic (exact) mass is 374 g/mol. The zero-order chi connectivity index (χ0) is 19.0. The van der Waals surface area contributed by atoms with Gasteiger partial charge in [-0.15, -0.1) is 0 Å². The molecule has 0 aliphatic carbocycles. The van der Waals surface area contributed by atoms with E-state index in [-0.39, 0.29) is 5.69 Å². The third-order valence-corrected chi connectivity index (χ3v) is 4.13. The van der Waals surface area contributed by atoms with Gasteiger partial charge in [-0.2, -0.15) is 13.2 Å². The molecular weight excluding hydrogens is 361 g/mol. The summed E-state index contributed by atoms with van der Waals surface area (Å²) in [7, 11) is 0. The highest BCUT2D eigenvalue weighted by Gasteiger charge is 2.32. The van der Waals surface area contributed by atoms with E-state index in [4.69, 9.17) is 4.74 Å². The van der Waals surface area contributed by atoms with E-state index >= 15 is 0 Å². The van der Waals surface area contributed by atoms with Gasteiger partial charge in [0.2, 0.25) is 0 Å². The molecule has 1 aromatic carbocycles. The van der Waals surface area contributed by atoms with E-state index in [1.165, 1.54) is 0 Å². The normalized spacial score (nSPS) is 13.1. The standard InChI is InChI=1S/C18H13F3N4O2/c19-18(20,21)16-4-2-12(8-23-16)24-17(26)11-1-3-15-13(7-11)14-9-22-10-25(14)5-6-27-15/h1-4,7-10H,5-6H2,(H,24,26). The van der Waals surface area contributed by atoms with E-state index in [1.807, 2.05) is 4.57 Å². The molecule has 3 heterocycles. The quantitative estimate of drug-likeness (QED) is 0.744. The minimum absolute atomic E-state index is 0.171. The number of fused-ring (bicyclic) bond motifs is 3. The SMILES string of the molecule is O=C(Nc1ccc(C(F)(F)F)nc1)c1ccc2c(c1)-c1cncn1CCO2. The van der Waals surface area contributed by atoms with E-state index in [0.717, 1.165) is 29.6 Å². The zero-order valence-corrected chi connectivity index (χ0v) is 13.8. The number of benzene rings is 1. The van der Waals surface area contributed by atoms with Gasteiger partial charge in [0.25, 0.3) is 5.91 Å². The van der Waals surface area contributed by atoms with Gasteiger partial charge in [-0.05, 0) is 30.3 Å². The molecule has 0 bridgehead atoms. The number of anilines is 1. The Hall–Kier alpha value is -3.36. The summed E-state index contributed by atoms with van der Waals surface area (Å²) in [5.74, 6) is 0.177. The van der Waals surface area contributed by atoms with Crippen LogP contribution in [0.25, 0.3) is 11.3 Å². The molecular formula is C18H13F3N4O2. The van der Waals surface area contributed by atoms with Gasteiger partial charge in [-0.3, -0.25) is 4.79 Å². The van der Waals surface area contributed by atoms with Crippen LogP contribution in [0.2, 0.25) is 0 Å². The number of pyridine rings is 1. The Labute approximate surface area is 151 Å². The molecule has 4 rings (SSSR count). The molecule has 1 aliphatic heterocycles. The maximum Gasteiger partial charge on any atom is 0.433 e. The molecule has 1 aliphatic rings. The van der Waals surface area contributed by atoms with Crippen molar-refractivity contribution in [2.45, 2.75) is 12.7 Å². The highest BCUT2D eigenvalue weighted by molar-refractivity contribution is 6.05. The zero-order valence-electron chi connectivity index (χ0n) is 13.8. The van der Waals surface area contributed by atoms with Crippen LogP contribution in [-0.2, 0) is 12.7 Å². The highest BCUT2D eigenvalue weighted by Crippen LogP contribution is 2.33. The molecule has 138 valence electrons. The van der Waals surface area contributed by atoms with Gasteiger partial charge in [-0.1, -0.05) is 0 Å². The van der Waals surface area contributed by atoms with Crippen molar-refractivity contribution in [2.75, 3.05) is 11.9 Å². The van der Waals surface area contributed by atoms with Gasteiger partial charge in [0.05, 0.1) is 36.6 Å². The van der Waals surface area contributed by atoms with Crippen LogP contribution in [0, 0.1) is 0 Å². The molecule has 9 heteroatoms. The van der Waals surface area contributed by atoms with Gasteiger partial charge in [-0.25, -0.2) is 9.97 Å². The highest BCUT2D eigenvalue weighted by atomic mass is 19.4. The van der Waals surface area contributed by atoms with E-state index in [2.05, 4.69) is 15.3 Å². The fraction of sp³-hybridized carbons (Fsp3) is 0.167. The molecule has 0 fully saturated rings. The Morgan fingerprint density at radius 3 is 2.78 bits per heavy atom. The molecule has 1 N–H and O–H groups in total. The van der Waals surface area contributed by atoms with Crippen LogP contribution in [0.3, 0.4) is 0 Å². The number of carbonyl (C=O) groups excluding carboxylic acids is 1. The third-order valence-electron chi connectivity index (χ3n) is 4.13. The Morgan fingerprint density at radius 2 is 2.04 bits per heavy atom. The number of alkyl halides is 3. The van der Waals surface area contributed by atoms with Gasteiger partial charge >= 0.3 is 6.18 Å². The summed E-state index contributed by atoms with van der Waals surface area (Å²) in [4.78, 5) is 19.9.